The van der Waals surface area contributed by atoms with Crippen molar-refractivity contribution < 1.29 is 5.11 Å². The Morgan fingerprint density at radius 1 is 1.17 bits per heavy atom. The van der Waals surface area contributed by atoms with E-state index in [1.165, 1.54) is 12.8 Å². The fraction of sp³-hybridized carbons (Fsp3) is 0.429. The summed E-state index contributed by atoms with van der Waals surface area (Å²) in [6, 6.07) is 10.00. The number of aromatic nitrogens is 3. The highest BCUT2D eigenvalue weighted by atomic mass is 16.3. The molecule has 96 valence electrons. The summed E-state index contributed by atoms with van der Waals surface area (Å²) in [7, 11) is 0. The number of unbranched alkanes of at least 4 members (excludes halogenated alkanes) is 2. The standard InChI is InChI=1S/C14H19N3O/c1-2-3-7-10-17-14(13(11-18)15-16-17)12-8-5-4-6-9-12/h4-6,8-9,18H,2-3,7,10-11H2,1H3. The maximum atomic E-state index is 9.35. The van der Waals surface area contributed by atoms with E-state index in [1.54, 1.807) is 0 Å². The molecule has 0 atom stereocenters. The van der Waals surface area contributed by atoms with E-state index >= 15 is 0 Å². The van der Waals surface area contributed by atoms with Crippen LogP contribution in [0, 0.1) is 0 Å². The third-order valence-corrected chi connectivity index (χ3v) is 2.98. The normalized spacial score (nSPS) is 10.8. The first-order valence-electron chi connectivity index (χ1n) is 6.45. The predicted octanol–water partition coefficient (Wildman–Crippen LogP) is 2.63. The Balaban J connectivity index is 2.28. The minimum absolute atomic E-state index is 0.0714. The Kier molecular flexibility index (Phi) is 4.47. The van der Waals surface area contributed by atoms with Gasteiger partial charge in [-0.25, -0.2) is 4.68 Å². The molecule has 1 N–H and O–H groups in total. The number of nitrogens with zero attached hydrogens (tertiary/aromatic N) is 3. The maximum Gasteiger partial charge on any atom is 0.116 e. The molecule has 0 spiro atoms. The predicted molar refractivity (Wildman–Crippen MR) is 70.9 cm³/mol. The molecule has 0 fully saturated rings. The van der Waals surface area contributed by atoms with Gasteiger partial charge in [0.2, 0.25) is 0 Å². The lowest BCUT2D eigenvalue weighted by Crippen LogP contribution is -2.03. The molecule has 1 heterocycles. The number of aliphatic hydroxyl groups is 1. The van der Waals surface area contributed by atoms with Crippen molar-refractivity contribution in [2.75, 3.05) is 0 Å². The highest BCUT2D eigenvalue weighted by Gasteiger charge is 2.13. The van der Waals surface area contributed by atoms with Crippen molar-refractivity contribution in [2.24, 2.45) is 0 Å². The fourth-order valence-corrected chi connectivity index (χ4v) is 2.04. The minimum atomic E-state index is -0.0714. The van der Waals surface area contributed by atoms with Crippen molar-refractivity contribution in [2.45, 2.75) is 39.3 Å². The summed E-state index contributed by atoms with van der Waals surface area (Å²) in [5.74, 6) is 0. The zero-order chi connectivity index (χ0) is 12.8. The SMILES string of the molecule is CCCCCn1nnc(CO)c1-c1ccccc1. The van der Waals surface area contributed by atoms with Gasteiger partial charge in [-0.05, 0) is 6.42 Å². The highest BCUT2D eigenvalue weighted by molar-refractivity contribution is 5.61. The van der Waals surface area contributed by atoms with Crippen LogP contribution in [0.1, 0.15) is 31.9 Å². The third-order valence-electron chi connectivity index (χ3n) is 2.98. The van der Waals surface area contributed by atoms with Gasteiger partial charge in [0.05, 0.1) is 12.3 Å². The van der Waals surface area contributed by atoms with Gasteiger partial charge in [-0.1, -0.05) is 55.3 Å². The molecule has 0 amide bonds. The van der Waals surface area contributed by atoms with E-state index < -0.39 is 0 Å². The zero-order valence-corrected chi connectivity index (χ0v) is 10.7. The van der Waals surface area contributed by atoms with Crippen LogP contribution in [-0.2, 0) is 13.2 Å². The third kappa shape index (κ3) is 2.76. The molecule has 0 radical (unpaired) electrons. The lowest BCUT2D eigenvalue weighted by atomic mass is 10.1. The molecule has 0 aliphatic heterocycles. The quantitative estimate of drug-likeness (QED) is 0.796. The van der Waals surface area contributed by atoms with Crippen LogP contribution >= 0.6 is 0 Å². The number of hydrogen-bond donors (Lipinski definition) is 1. The highest BCUT2D eigenvalue weighted by Crippen LogP contribution is 2.22. The second kappa shape index (κ2) is 6.31. The van der Waals surface area contributed by atoms with Crippen molar-refractivity contribution >= 4 is 0 Å². The van der Waals surface area contributed by atoms with Gasteiger partial charge in [-0.3, -0.25) is 0 Å². The summed E-state index contributed by atoms with van der Waals surface area (Å²) in [5.41, 5.74) is 2.65. The van der Waals surface area contributed by atoms with Gasteiger partial charge in [-0.15, -0.1) is 5.10 Å². The Morgan fingerprint density at radius 3 is 2.61 bits per heavy atom. The average Bonchev–Trinajstić information content (AvgIpc) is 2.83. The van der Waals surface area contributed by atoms with E-state index in [0.717, 1.165) is 24.2 Å². The molecular formula is C14H19N3O. The van der Waals surface area contributed by atoms with Crippen molar-refractivity contribution in [1.29, 1.82) is 0 Å². The van der Waals surface area contributed by atoms with Crippen LogP contribution in [-0.4, -0.2) is 20.1 Å². The van der Waals surface area contributed by atoms with E-state index in [9.17, 15) is 5.11 Å². The van der Waals surface area contributed by atoms with Crippen LogP contribution in [0.3, 0.4) is 0 Å². The summed E-state index contributed by atoms with van der Waals surface area (Å²) in [4.78, 5) is 0. The van der Waals surface area contributed by atoms with Gasteiger partial charge in [0, 0.05) is 12.1 Å². The molecule has 4 heteroatoms. The van der Waals surface area contributed by atoms with Crippen LogP contribution < -0.4 is 0 Å². The largest absolute Gasteiger partial charge is 0.390 e. The van der Waals surface area contributed by atoms with Gasteiger partial charge in [0.15, 0.2) is 0 Å². The number of rotatable bonds is 6. The van der Waals surface area contributed by atoms with Crippen molar-refractivity contribution in [3.63, 3.8) is 0 Å². The Morgan fingerprint density at radius 2 is 1.94 bits per heavy atom. The van der Waals surface area contributed by atoms with E-state index in [1.807, 2.05) is 35.0 Å². The summed E-state index contributed by atoms with van der Waals surface area (Å²) in [6.07, 6.45) is 3.45. The molecule has 1 aromatic carbocycles. The van der Waals surface area contributed by atoms with Crippen LogP contribution in [0.25, 0.3) is 11.3 Å². The zero-order valence-electron chi connectivity index (χ0n) is 10.7. The molecule has 0 aliphatic carbocycles. The summed E-state index contributed by atoms with van der Waals surface area (Å²) >= 11 is 0. The Labute approximate surface area is 107 Å². The topological polar surface area (TPSA) is 50.9 Å². The molecule has 2 rings (SSSR count). The van der Waals surface area contributed by atoms with E-state index in [0.29, 0.717) is 5.69 Å². The van der Waals surface area contributed by atoms with Crippen LogP contribution in [0.4, 0.5) is 0 Å². The first-order valence-corrected chi connectivity index (χ1v) is 6.45. The second-order valence-corrected chi connectivity index (χ2v) is 4.34. The first-order chi connectivity index (χ1) is 8.86. The van der Waals surface area contributed by atoms with Crippen LogP contribution in [0.2, 0.25) is 0 Å². The van der Waals surface area contributed by atoms with Gasteiger partial charge in [0.1, 0.15) is 5.69 Å². The number of aryl methyl sites for hydroxylation is 1. The lowest BCUT2D eigenvalue weighted by Gasteiger charge is -2.07. The monoisotopic (exact) mass is 245 g/mol. The molecular weight excluding hydrogens is 226 g/mol. The van der Waals surface area contributed by atoms with Crippen molar-refractivity contribution in [3.05, 3.63) is 36.0 Å². The molecule has 4 nitrogen and oxygen atoms in total. The van der Waals surface area contributed by atoms with Crippen molar-refractivity contribution in [3.8, 4) is 11.3 Å². The molecule has 0 unspecified atom stereocenters. The lowest BCUT2D eigenvalue weighted by molar-refractivity contribution is 0.277. The molecule has 2 aromatic rings. The molecule has 0 bridgehead atoms. The van der Waals surface area contributed by atoms with E-state index in [2.05, 4.69) is 17.2 Å². The fourth-order valence-electron chi connectivity index (χ4n) is 2.04. The molecule has 1 aromatic heterocycles. The smallest absolute Gasteiger partial charge is 0.116 e. The summed E-state index contributed by atoms with van der Waals surface area (Å²) in [6.45, 7) is 2.96. The Hall–Kier alpha value is -1.68. The van der Waals surface area contributed by atoms with Gasteiger partial charge in [0.25, 0.3) is 0 Å². The van der Waals surface area contributed by atoms with Crippen LogP contribution in [0.15, 0.2) is 30.3 Å². The van der Waals surface area contributed by atoms with Gasteiger partial charge in [-0.2, -0.15) is 0 Å². The van der Waals surface area contributed by atoms with E-state index in [-0.39, 0.29) is 6.61 Å². The van der Waals surface area contributed by atoms with E-state index in [4.69, 9.17) is 0 Å². The minimum Gasteiger partial charge on any atom is -0.390 e. The van der Waals surface area contributed by atoms with Crippen molar-refractivity contribution in [1.82, 2.24) is 15.0 Å². The second-order valence-electron chi connectivity index (χ2n) is 4.34. The first kappa shape index (κ1) is 12.8. The molecule has 18 heavy (non-hydrogen) atoms. The van der Waals surface area contributed by atoms with Gasteiger partial charge < -0.3 is 5.11 Å². The number of hydrogen-bond acceptors (Lipinski definition) is 3. The Bertz CT molecular complexity index is 479. The molecule has 0 aliphatic rings. The summed E-state index contributed by atoms with van der Waals surface area (Å²) in [5, 5.41) is 17.5. The summed E-state index contributed by atoms with van der Waals surface area (Å²) < 4.78 is 1.90. The number of benzene rings is 1. The van der Waals surface area contributed by atoms with Gasteiger partial charge >= 0.3 is 0 Å². The maximum absolute atomic E-state index is 9.35. The molecule has 0 saturated heterocycles. The molecule has 0 saturated carbocycles. The van der Waals surface area contributed by atoms with Crippen LogP contribution in [0.5, 0.6) is 0 Å². The number of aliphatic hydroxyl groups excluding tert-OH is 1. The average molecular weight is 245 g/mol.